The average Bonchev–Trinajstić information content (AvgIpc) is 2.29. The zero-order valence-electron chi connectivity index (χ0n) is 8.50. The minimum Gasteiger partial charge on any atom is -0.256 e. The number of hydrogen-bond donors (Lipinski definition) is 0. The average molecular weight is 241 g/mol. The van der Waals surface area contributed by atoms with Crippen LogP contribution >= 0.6 is 0 Å². The first-order chi connectivity index (χ1) is 7.98. The van der Waals surface area contributed by atoms with E-state index in [1.165, 1.54) is 18.2 Å². The summed E-state index contributed by atoms with van der Waals surface area (Å²) < 4.78 is 50.8. The van der Waals surface area contributed by atoms with Gasteiger partial charge in [-0.25, -0.2) is 4.39 Å². The molecule has 88 valence electrons. The van der Waals surface area contributed by atoms with Crippen LogP contribution in [0.15, 0.2) is 42.6 Å². The van der Waals surface area contributed by atoms with Crippen molar-refractivity contribution >= 4 is 0 Å². The molecular weight excluding hydrogens is 234 g/mol. The number of rotatable bonds is 1. The minimum atomic E-state index is -4.46. The van der Waals surface area contributed by atoms with E-state index < -0.39 is 17.6 Å². The second-order valence-corrected chi connectivity index (χ2v) is 3.41. The van der Waals surface area contributed by atoms with Crippen LogP contribution in [0, 0.1) is 5.82 Å². The van der Waals surface area contributed by atoms with Crippen molar-refractivity contribution in [1.29, 1.82) is 0 Å². The van der Waals surface area contributed by atoms with Crippen molar-refractivity contribution in [3.63, 3.8) is 0 Å². The van der Waals surface area contributed by atoms with E-state index in [2.05, 4.69) is 4.98 Å². The number of alkyl halides is 3. The van der Waals surface area contributed by atoms with Gasteiger partial charge < -0.3 is 0 Å². The normalized spacial score (nSPS) is 11.5. The predicted octanol–water partition coefficient (Wildman–Crippen LogP) is 3.91. The minimum absolute atomic E-state index is 0.0297. The van der Waals surface area contributed by atoms with Crippen LogP contribution in [0.4, 0.5) is 17.6 Å². The van der Waals surface area contributed by atoms with Crippen molar-refractivity contribution in [2.45, 2.75) is 6.18 Å². The molecule has 0 spiro atoms. The van der Waals surface area contributed by atoms with Gasteiger partial charge in [0.25, 0.3) is 0 Å². The van der Waals surface area contributed by atoms with E-state index in [0.717, 1.165) is 18.3 Å². The maximum absolute atomic E-state index is 13.4. The molecule has 2 aromatic rings. The van der Waals surface area contributed by atoms with Gasteiger partial charge in [0, 0.05) is 11.8 Å². The molecule has 0 bridgehead atoms. The van der Waals surface area contributed by atoms with Gasteiger partial charge >= 0.3 is 6.18 Å². The Morgan fingerprint density at radius 1 is 1.00 bits per heavy atom. The number of aromatic nitrogens is 1. The molecule has 1 aromatic carbocycles. The van der Waals surface area contributed by atoms with E-state index >= 15 is 0 Å². The number of pyridine rings is 1. The third-order valence-corrected chi connectivity index (χ3v) is 2.24. The monoisotopic (exact) mass is 241 g/mol. The number of benzene rings is 1. The van der Waals surface area contributed by atoms with Gasteiger partial charge in [0.1, 0.15) is 5.82 Å². The van der Waals surface area contributed by atoms with Crippen molar-refractivity contribution in [3.8, 4) is 11.3 Å². The molecule has 1 nitrogen and oxygen atoms in total. The van der Waals surface area contributed by atoms with Crippen molar-refractivity contribution < 1.29 is 17.6 Å². The zero-order chi connectivity index (χ0) is 12.5. The van der Waals surface area contributed by atoms with Gasteiger partial charge in [-0.3, -0.25) is 4.98 Å². The van der Waals surface area contributed by atoms with Gasteiger partial charge in [-0.1, -0.05) is 12.1 Å². The second kappa shape index (κ2) is 4.16. The van der Waals surface area contributed by atoms with E-state index in [1.807, 2.05) is 0 Å². The third-order valence-electron chi connectivity index (χ3n) is 2.24. The third kappa shape index (κ3) is 2.43. The molecule has 2 rings (SSSR count). The molecule has 5 heteroatoms. The lowest BCUT2D eigenvalue weighted by Gasteiger charge is -2.08. The van der Waals surface area contributed by atoms with Crippen LogP contribution in [0.3, 0.4) is 0 Å². The Hall–Kier alpha value is -1.91. The Kier molecular flexibility index (Phi) is 2.83. The van der Waals surface area contributed by atoms with Gasteiger partial charge in [-0.2, -0.15) is 13.2 Å². The fourth-order valence-corrected chi connectivity index (χ4v) is 1.42. The van der Waals surface area contributed by atoms with Gasteiger partial charge in [-0.15, -0.1) is 0 Å². The van der Waals surface area contributed by atoms with E-state index in [1.54, 1.807) is 6.07 Å². The Morgan fingerprint density at radius 3 is 2.35 bits per heavy atom. The van der Waals surface area contributed by atoms with E-state index in [-0.39, 0.29) is 11.3 Å². The fourth-order valence-electron chi connectivity index (χ4n) is 1.42. The summed E-state index contributed by atoms with van der Waals surface area (Å²) >= 11 is 0. The van der Waals surface area contributed by atoms with Gasteiger partial charge in [0.15, 0.2) is 0 Å². The van der Waals surface area contributed by atoms with Crippen LogP contribution in [0.25, 0.3) is 11.3 Å². The number of halogens is 4. The summed E-state index contributed by atoms with van der Waals surface area (Å²) in [6, 6.07) is 7.25. The Balaban J connectivity index is 2.51. The standard InChI is InChI=1S/C12H7F4N/c13-10-4-2-1-3-9(10)11-7-8(5-6-17-11)12(14,15)16/h1-7H. The number of hydrogen-bond acceptors (Lipinski definition) is 1. The van der Waals surface area contributed by atoms with Crippen LogP contribution in [0.2, 0.25) is 0 Å². The highest BCUT2D eigenvalue weighted by Crippen LogP contribution is 2.31. The first kappa shape index (κ1) is 11.6. The van der Waals surface area contributed by atoms with Gasteiger partial charge in [-0.05, 0) is 24.3 Å². The summed E-state index contributed by atoms with van der Waals surface area (Å²) in [4.78, 5) is 3.74. The highest BCUT2D eigenvalue weighted by Gasteiger charge is 2.30. The molecule has 0 atom stereocenters. The first-order valence-corrected chi connectivity index (χ1v) is 4.76. The molecule has 0 amide bonds. The van der Waals surface area contributed by atoms with Crippen molar-refractivity contribution in [3.05, 3.63) is 54.0 Å². The van der Waals surface area contributed by atoms with E-state index in [0.29, 0.717) is 0 Å². The smallest absolute Gasteiger partial charge is 0.256 e. The van der Waals surface area contributed by atoms with Crippen LogP contribution in [-0.2, 0) is 6.18 Å². The van der Waals surface area contributed by atoms with Crippen LogP contribution in [0.5, 0.6) is 0 Å². The highest BCUT2D eigenvalue weighted by molar-refractivity contribution is 5.60. The predicted molar refractivity (Wildman–Crippen MR) is 54.6 cm³/mol. The summed E-state index contributed by atoms with van der Waals surface area (Å²) in [6.07, 6.45) is -3.44. The van der Waals surface area contributed by atoms with Crippen LogP contribution < -0.4 is 0 Å². The quantitative estimate of drug-likeness (QED) is 0.690. The molecule has 0 aliphatic rings. The van der Waals surface area contributed by atoms with Crippen LogP contribution in [-0.4, -0.2) is 4.98 Å². The van der Waals surface area contributed by atoms with Gasteiger partial charge in [0.05, 0.1) is 11.3 Å². The lowest BCUT2D eigenvalue weighted by atomic mass is 10.1. The molecule has 0 fully saturated rings. The highest BCUT2D eigenvalue weighted by atomic mass is 19.4. The molecule has 1 aromatic heterocycles. The Labute approximate surface area is 94.7 Å². The van der Waals surface area contributed by atoms with E-state index in [4.69, 9.17) is 0 Å². The molecular formula is C12H7F4N. The maximum Gasteiger partial charge on any atom is 0.416 e. The van der Waals surface area contributed by atoms with Crippen LogP contribution in [0.1, 0.15) is 5.56 Å². The molecule has 0 saturated heterocycles. The summed E-state index contributed by atoms with van der Waals surface area (Å²) in [5.41, 5.74) is -0.817. The molecule has 0 unspecified atom stereocenters. The summed E-state index contributed by atoms with van der Waals surface area (Å²) in [6.45, 7) is 0. The largest absolute Gasteiger partial charge is 0.416 e. The molecule has 0 radical (unpaired) electrons. The van der Waals surface area contributed by atoms with E-state index in [9.17, 15) is 17.6 Å². The summed E-state index contributed by atoms with van der Waals surface area (Å²) in [5, 5.41) is 0. The molecule has 1 heterocycles. The van der Waals surface area contributed by atoms with Crippen molar-refractivity contribution in [2.75, 3.05) is 0 Å². The molecule has 0 N–H and O–H groups in total. The molecule has 17 heavy (non-hydrogen) atoms. The summed E-state index contributed by atoms with van der Waals surface area (Å²) in [5.74, 6) is -0.598. The Bertz CT molecular complexity index is 534. The second-order valence-electron chi connectivity index (χ2n) is 3.41. The lowest BCUT2D eigenvalue weighted by molar-refractivity contribution is -0.137. The van der Waals surface area contributed by atoms with Crippen molar-refractivity contribution in [1.82, 2.24) is 4.98 Å². The zero-order valence-corrected chi connectivity index (χ0v) is 8.50. The topological polar surface area (TPSA) is 12.9 Å². The number of nitrogens with zero attached hydrogens (tertiary/aromatic N) is 1. The fraction of sp³-hybridized carbons (Fsp3) is 0.0833. The molecule has 0 aliphatic carbocycles. The van der Waals surface area contributed by atoms with Gasteiger partial charge in [0.2, 0.25) is 0 Å². The summed E-state index contributed by atoms with van der Waals surface area (Å²) in [7, 11) is 0. The molecule has 0 aliphatic heterocycles. The SMILES string of the molecule is Fc1ccccc1-c1cc(C(F)(F)F)ccn1. The van der Waals surface area contributed by atoms with Crippen molar-refractivity contribution in [2.24, 2.45) is 0 Å². The lowest BCUT2D eigenvalue weighted by Crippen LogP contribution is -2.05. The molecule has 0 saturated carbocycles. The first-order valence-electron chi connectivity index (χ1n) is 4.76. The maximum atomic E-state index is 13.4. The Morgan fingerprint density at radius 2 is 1.71 bits per heavy atom.